The molecular weight excluding hydrogens is 184 g/mol. The zero-order valence-electron chi connectivity index (χ0n) is 7.86. The second-order valence-corrected chi connectivity index (χ2v) is 2.78. The van der Waals surface area contributed by atoms with Crippen LogP contribution in [0.4, 0.5) is 5.69 Å². The Kier molecular flexibility index (Phi) is 3.22. The first kappa shape index (κ1) is 10.2. The summed E-state index contributed by atoms with van der Waals surface area (Å²) in [6.45, 7) is 2.54. The number of nitrogens with one attached hydrogen (secondary N) is 1. The third-order valence-corrected chi connectivity index (χ3v) is 1.74. The van der Waals surface area contributed by atoms with Gasteiger partial charge >= 0.3 is 0 Å². The standard InChI is InChI=1S/C8H12N4O2/c1-2-12(5-7(9)13)6-3-8(14)11-10-4-6/h3-4H,2,5H2,1H3,(H2,9,13)(H,11,14). The molecule has 0 spiro atoms. The lowest BCUT2D eigenvalue weighted by Crippen LogP contribution is -2.34. The smallest absolute Gasteiger partial charge is 0.266 e. The van der Waals surface area contributed by atoms with Crippen molar-refractivity contribution in [2.24, 2.45) is 5.73 Å². The highest BCUT2D eigenvalue weighted by molar-refractivity contribution is 5.79. The molecule has 0 radical (unpaired) electrons. The number of primary amides is 1. The van der Waals surface area contributed by atoms with Crippen molar-refractivity contribution in [3.05, 3.63) is 22.6 Å². The van der Waals surface area contributed by atoms with Gasteiger partial charge in [-0.2, -0.15) is 5.10 Å². The van der Waals surface area contributed by atoms with Gasteiger partial charge in [0, 0.05) is 12.6 Å². The van der Waals surface area contributed by atoms with Gasteiger partial charge in [-0.05, 0) is 6.92 Å². The molecule has 0 aromatic carbocycles. The number of likely N-dealkylation sites (N-methyl/N-ethyl adjacent to an activating group) is 1. The average Bonchev–Trinajstić information content (AvgIpc) is 2.14. The Morgan fingerprint density at radius 3 is 2.93 bits per heavy atom. The predicted molar refractivity (Wildman–Crippen MR) is 51.9 cm³/mol. The molecule has 0 aliphatic carbocycles. The lowest BCUT2D eigenvalue weighted by atomic mass is 10.3. The highest BCUT2D eigenvalue weighted by Gasteiger charge is 2.07. The van der Waals surface area contributed by atoms with E-state index in [1.165, 1.54) is 12.3 Å². The van der Waals surface area contributed by atoms with Crippen molar-refractivity contribution in [1.82, 2.24) is 10.2 Å². The molecule has 0 saturated carbocycles. The van der Waals surface area contributed by atoms with Crippen LogP contribution in [-0.4, -0.2) is 29.2 Å². The van der Waals surface area contributed by atoms with E-state index in [0.717, 1.165) is 0 Å². The molecule has 1 rings (SSSR count). The zero-order chi connectivity index (χ0) is 10.6. The summed E-state index contributed by atoms with van der Waals surface area (Å²) in [6, 6.07) is 1.37. The van der Waals surface area contributed by atoms with E-state index < -0.39 is 5.91 Å². The Labute approximate surface area is 80.7 Å². The zero-order valence-corrected chi connectivity index (χ0v) is 7.86. The minimum Gasteiger partial charge on any atom is -0.368 e. The minimum atomic E-state index is -0.438. The summed E-state index contributed by atoms with van der Waals surface area (Å²) in [5, 5.41) is 5.88. The highest BCUT2D eigenvalue weighted by Crippen LogP contribution is 2.07. The maximum Gasteiger partial charge on any atom is 0.266 e. The van der Waals surface area contributed by atoms with Gasteiger partial charge in [-0.1, -0.05) is 0 Å². The second kappa shape index (κ2) is 4.40. The molecule has 0 fully saturated rings. The van der Waals surface area contributed by atoms with E-state index in [1.54, 1.807) is 4.90 Å². The summed E-state index contributed by atoms with van der Waals surface area (Å²) in [7, 11) is 0. The number of aromatic nitrogens is 2. The van der Waals surface area contributed by atoms with Crippen molar-refractivity contribution in [2.45, 2.75) is 6.92 Å². The Hall–Kier alpha value is -1.85. The predicted octanol–water partition coefficient (Wildman–Crippen LogP) is -0.918. The minimum absolute atomic E-state index is 0.0850. The second-order valence-electron chi connectivity index (χ2n) is 2.78. The van der Waals surface area contributed by atoms with Crippen molar-refractivity contribution in [2.75, 3.05) is 18.0 Å². The number of anilines is 1. The molecule has 76 valence electrons. The van der Waals surface area contributed by atoms with Crippen LogP contribution in [0.25, 0.3) is 0 Å². The van der Waals surface area contributed by atoms with Crippen LogP contribution in [0.1, 0.15) is 6.92 Å². The molecule has 6 nitrogen and oxygen atoms in total. The molecule has 1 amide bonds. The molecule has 1 aromatic rings. The number of nitrogens with zero attached hydrogens (tertiary/aromatic N) is 2. The van der Waals surface area contributed by atoms with E-state index in [2.05, 4.69) is 10.2 Å². The Morgan fingerprint density at radius 1 is 1.71 bits per heavy atom. The summed E-state index contributed by atoms with van der Waals surface area (Å²) in [4.78, 5) is 23.3. The lowest BCUT2D eigenvalue weighted by molar-refractivity contribution is -0.116. The Morgan fingerprint density at radius 2 is 2.43 bits per heavy atom. The summed E-state index contributed by atoms with van der Waals surface area (Å²) >= 11 is 0. The topological polar surface area (TPSA) is 92.1 Å². The van der Waals surface area contributed by atoms with E-state index in [1.807, 2.05) is 6.92 Å². The normalized spacial score (nSPS) is 9.79. The monoisotopic (exact) mass is 196 g/mol. The van der Waals surface area contributed by atoms with Crippen LogP contribution in [0.3, 0.4) is 0 Å². The van der Waals surface area contributed by atoms with Crippen molar-refractivity contribution >= 4 is 11.6 Å². The first-order valence-electron chi connectivity index (χ1n) is 4.21. The molecular formula is C8H12N4O2. The molecule has 0 bridgehead atoms. The van der Waals surface area contributed by atoms with E-state index >= 15 is 0 Å². The largest absolute Gasteiger partial charge is 0.368 e. The van der Waals surface area contributed by atoms with E-state index in [0.29, 0.717) is 12.2 Å². The van der Waals surface area contributed by atoms with Gasteiger partial charge in [0.25, 0.3) is 5.56 Å². The first-order valence-corrected chi connectivity index (χ1v) is 4.21. The van der Waals surface area contributed by atoms with Crippen molar-refractivity contribution < 1.29 is 4.79 Å². The number of hydrogen-bond acceptors (Lipinski definition) is 4. The Balaban J connectivity index is 2.89. The van der Waals surface area contributed by atoms with Crippen molar-refractivity contribution in [1.29, 1.82) is 0 Å². The van der Waals surface area contributed by atoms with Gasteiger partial charge in [0.05, 0.1) is 18.4 Å². The van der Waals surface area contributed by atoms with Gasteiger partial charge in [0.15, 0.2) is 0 Å². The molecule has 0 saturated heterocycles. The molecule has 14 heavy (non-hydrogen) atoms. The molecule has 0 aliphatic heterocycles. The number of hydrogen-bond donors (Lipinski definition) is 2. The van der Waals surface area contributed by atoms with E-state index in [-0.39, 0.29) is 12.1 Å². The molecule has 0 atom stereocenters. The molecule has 3 N–H and O–H groups in total. The first-order chi connectivity index (χ1) is 6.63. The third kappa shape index (κ3) is 2.58. The van der Waals surface area contributed by atoms with Gasteiger partial charge in [0.2, 0.25) is 5.91 Å². The van der Waals surface area contributed by atoms with E-state index in [9.17, 15) is 9.59 Å². The number of amides is 1. The van der Waals surface area contributed by atoms with Crippen molar-refractivity contribution in [3.8, 4) is 0 Å². The molecule has 0 aliphatic rings. The fourth-order valence-electron chi connectivity index (χ4n) is 1.11. The lowest BCUT2D eigenvalue weighted by Gasteiger charge is -2.19. The van der Waals surface area contributed by atoms with Crippen LogP contribution in [0, 0.1) is 0 Å². The van der Waals surface area contributed by atoms with Gasteiger partial charge in [-0.3, -0.25) is 9.59 Å². The van der Waals surface area contributed by atoms with Crippen LogP contribution >= 0.6 is 0 Å². The number of rotatable bonds is 4. The maximum atomic E-state index is 10.9. The summed E-state index contributed by atoms with van der Waals surface area (Å²) in [5.74, 6) is -0.438. The number of carbonyl (C=O) groups excluding carboxylic acids is 1. The SMILES string of the molecule is CCN(CC(N)=O)c1cn[nH]c(=O)c1. The number of carbonyl (C=O) groups is 1. The van der Waals surface area contributed by atoms with Crippen molar-refractivity contribution in [3.63, 3.8) is 0 Å². The van der Waals surface area contributed by atoms with Gasteiger partial charge in [0.1, 0.15) is 0 Å². The summed E-state index contributed by atoms with van der Waals surface area (Å²) in [5.41, 5.74) is 5.35. The summed E-state index contributed by atoms with van der Waals surface area (Å²) < 4.78 is 0. The molecule has 6 heteroatoms. The molecule has 1 heterocycles. The molecule has 1 aromatic heterocycles. The van der Waals surface area contributed by atoms with Crippen LogP contribution in [0.15, 0.2) is 17.1 Å². The number of H-pyrrole nitrogens is 1. The van der Waals surface area contributed by atoms with Gasteiger partial charge in [-0.25, -0.2) is 5.10 Å². The van der Waals surface area contributed by atoms with Gasteiger partial charge in [-0.15, -0.1) is 0 Å². The van der Waals surface area contributed by atoms with Crippen LogP contribution in [-0.2, 0) is 4.79 Å². The third-order valence-electron chi connectivity index (χ3n) is 1.74. The summed E-state index contributed by atoms with van der Waals surface area (Å²) in [6.07, 6.45) is 1.48. The highest BCUT2D eigenvalue weighted by atomic mass is 16.1. The fourth-order valence-corrected chi connectivity index (χ4v) is 1.11. The number of nitrogens with two attached hydrogens (primary N) is 1. The average molecular weight is 196 g/mol. The van der Waals surface area contributed by atoms with Crippen LogP contribution in [0.5, 0.6) is 0 Å². The van der Waals surface area contributed by atoms with E-state index in [4.69, 9.17) is 5.73 Å². The van der Waals surface area contributed by atoms with Crippen LogP contribution in [0.2, 0.25) is 0 Å². The fraction of sp³-hybridized carbons (Fsp3) is 0.375. The van der Waals surface area contributed by atoms with Crippen LogP contribution < -0.4 is 16.2 Å². The molecule has 0 unspecified atom stereocenters. The van der Waals surface area contributed by atoms with Gasteiger partial charge < -0.3 is 10.6 Å². The Bertz CT molecular complexity index is 374. The maximum absolute atomic E-state index is 10.9. The quantitative estimate of drug-likeness (QED) is 0.651. The number of aromatic amines is 1.